The van der Waals surface area contributed by atoms with Crippen LogP contribution < -0.4 is 0 Å². The summed E-state index contributed by atoms with van der Waals surface area (Å²) in [5, 5.41) is 9.96. The number of benzene rings is 1. The highest BCUT2D eigenvalue weighted by atomic mass is 32.2. The lowest BCUT2D eigenvalue weighted by Crippen LogP contribution is -2.55. The van der Waals surface area contributed by atoms with E-state index in [-0.39, 0.29) is 18.1 Å². The van der Waals surface area contributed by atoms with Gasteiger partial charge in [0.15, 0.2) is 0 Å². The molecule has 2 unspecified atom stereocenters. The number of aryl methyl sites for hydroxylation is 1. The average molecular weight is 449 g/mol. The minimum atomic E-state index is -3.78. The third-order valence-electron chi connectivity index (χ3n) is 6.33. The van der Waals surface area contributed by atoms with Crippen LogP contribution in [0, 0.1) is 12.3 Å². The van der Waals surface area contributed by atoms with Crippen molar-refractivity contribution in [2.24, 2.45) is 10.4 Å². The molecule has 1 aromatic carbocycles. The second-order valence-electron chi connectivity index (χ2n) is 8.48. The number of rotatable bonds is 8. The molecule has 1 saturated heterocycles. The minimum Gasteiger partial charge on any atom is -0.494 e. The zero-order valence-corrected chi connectivity index (χ0v) is 18.4. The number of ether oxygens (including phenoxy) is 2. The molecule has 2 aliphatic heterocycles. The molecule has 0 bridgehead atoms. The lowest BCUT2D eigenvalue weighted by molar-refractivity contribution is -0.152. The third kappa shape index (κ3) is 4.40. The number of carbonyl (C=O) groups is 1. The first-order valence-corrected chi connectivity index (χ1v) is 12.0. The van der Waals surface area contributed by atoms with Crippen molar-refractivity contribution in [1.29, 1.82) is 0 Å². The van der Waals surface area contributed by atoms with Crippen molar-refractivity contribution in [2.45, 2.75) is 56.1 Å². The Morgan fingerprint density at radius 1 is 1.32 bits per heavy atom. The van der Waals surface area contributed by atoms with E-state index in [2.05, 4.69) is 4.99 Å². The largest absolute Gasteiger partial charge is 0.494 e. The monoisotopic (exact) mass is 448 g/mol. The minimum absolute atomic E-state index is 0.110. The smallest absolute Gasteiger partial charge is 0.312 e. The summed E-state index contributed by atoms with van der Waals surface area (Å²) in [5.41, 5.74) is 0.565. The zero-order chi connectivity index (χ0) is 22.1. The van der Waals surface area contributed by atoms with Crippen LogP contribution in [0.2, 0.25) is 0 Å². The highest BCUT2D eigenvalue weighted by Crippen LogP contribution is 2.53. The second kappa shape index (κ2) is 8.72. The summed E-state index contributed by atoms with van der Waals surface area (Å²) in [7, 11) is -3.78. The summed E-state index contributed by atoms with van der Waals surface area (Å²) >= 11 is 0. The topological polar surface area (TPSA) is 106 Å². The Morgan fingerprint density at radius 2 is 2.06 bits per heavy atom. The highest BCUT2D eigenvalue weighted by molar-refractivity contribution is 7.89. The van der Waals surface area contributed by atoms with E-state index >= 15 is 0 Å². The SMILES string of the molecule is Cc1ccc(S(=O)(=O)N2CCCCC2C(OCC2=NC=COC2)C2(C(=O)O)CC2)cc1. The van der Waals surface area contributed by atoms with E-state index in [1.807, 2.05) is 6.92 Å². The van der Waals surface area contributed by atoms with Gasteiger partial charge in [-0.25, -0.2) is 8.42 Å². The third-order valence-corrected chi connectivity index (χ3v) is 8.27. The van der Waals surface area contributed by atoms with Gasteiger partial charge in [-0.3, -0.25) is 9.79 Å². The van der Waals surface area contributed by atoms with Gasteiger partial charge in [0.05, 0.1) is 41.0 Å². The van der Waals surface area contributed by atoms with Crippen LogP contribution in [0.4, 0.5) is 0 Å². The zero-order valence-electron chi connectivity index (χ0n) is 17.6. The fraction of sp³-hybridized carbons (Fsp3) is 0.545. The molecule has 3 aliphatic rings. The number of sulfonamides is 1. The standard InChI is InChI=1S/C22H28N2O6S/c1-16-5-7-18(8-6-16)31(27,28)24-12-3-2-4-19(24)20(22(9-10-22)21(25)26)30-15-17-14-29-13-11-23-17/h5-8,11,13,19-20H,2-4,9-10,12,14-15H2,1H3,(H,25,26). The van der Waals surface area contributed by atoms with Crippen LogP contribution in [0.3, 0.4) is 0 Å². The number of hydrogen-bond donors (Lipinski definition) is 1. The van der Waals surface area contributed by atoms with Crippen molar-refractivity contribution in [1.82, 2.24) is 4.31 Å². The molecule has 2 fully saturated rings. The molecule has 4 rings (SSSR count). The maximum absolute atomic E-state index is 13.5. The van der Waals surface area contributed by atoms with Crippen LogP contribution in [0.15, 0.2) is 46.6 Å². The van der Waals surface area contributed by atoms with Crippen molar-refractivity contribution in [3.05, 3.63) is 42.3 Å². The fourth-order valence-corrected chi connectivity index (χ4v) is 6.09. The molecule has 31 heavy (non-hydrogen) atoms. The summed E-state index contributed by atoms with van der Waals surface area (Å²) in [6.45, 7) is 2.64. The van der Waals surface area contributed by atoms with Gasteiger partial charge >= 0.3 is 5.97 Å². The van der Waals surface area contributed by atoms with E-state index in [1.165, 1.54) is 16.8 Å². The van der Waals surface area contributed by atoms with Crippen LogP contribution in [-0.4, -0.2) is 61.4 Å². The Balaban J connectivity index is 1.64. The van der Waals surface area contributed by atoms with Gasteiger partial charge in [0.25, 0.3) is 0 Å². The van der Waals surface area contributed by atoms with Gasteiger partial charge in [0.1, 0.15) is 12.9 Å². The number of aliphatic imine (C=N–C) groups is 1. The van der Waals surface area contributed by atoms with Gasteiger partial charge in [0, 0.05) is 6.54 Å². The molecule has 8 nitrogen and oxygen atoms in total. The quantitative estimate of drug-likeness (QED) is 0.656. The average Bonchev–Trinajstić information content (AvgIpc) is 3.57. The van der Waals surface area contributed by atoms with Crippen LogP contribution >= 0.6 is 0 Å². The van der Waals surface area contributed by atoms with E-state index in [4.69, 9.17) is 9.47 Å². The molecule has 0 amide bonds. The molecule has 1 saturated carbocycles. The molecule has 168 valence electrons. The fourth-order valence-electron chi connectivity index (χ4n) is 4.40. The number of piperidine rings is 1. The lowest BCUT2D eigenvalue weighted by Gasteiger charge is -2.41. The summed E-state index contributed by atoms with van der Waals surface area (Å²) in [6, 6.07) is 6.22. The molecule has 1 aromatic rings. The number of carboxylic acids is 1. The molecule has 1 aliphatic carbocycles. The Bertz CT molecular complexity index is 982. The molecular weight excluding hydrogens is 420 g/mol. The van der Waals surface area contributed by atoms with Gasteiger partial charge in [-0.1, -0.05) is 24.1 Å². The first kappa shape index (κ1) is 22.0. The first-order chi connectivity index (χ1) is 14.8. The van der Waals surface area contributed by atoms with Crippen LogP contribution in [0.25, 0.3) is 0 Å². The summed E-state index contributed by atoms with van der Waals surface area (Å²) in [4.78, 5) is 16.6. The lowest BCUT2D eigenvalue weighted by atomic mass is 9.88. The number of hydrogen-bond acceptors (Lipinski definition) is 6. The highest BCUT2D eigenvalue weighted by Gasteiger charge is 2.61. The van der Waals surface area contributed by atoms with E-state index in [1.54, 1.807) is 24.3 Å². The van der Waals surface area contributed by atoms with Gasteiger partial charge in [-0.05, 0) is 44.7 Å². The number of aliphatic carboxylic acids is 1. The molecule has 0 aromatic heterocycles. The van der Waals surface area contributed by atoms with Gasteiger partial charge in [-0.15, -0.1) is 0 Å². The Kier molecular flexibility index (Phi) is 6.18. The Labute approximate surface area is 182 Å². The maximum Gasteiger partial charge on any atom is 0.312 e. The predicted molar refractivity (Wildman–Crippen MR) is 114 cm³/mol. The summed E-state index contributed by atoms with van der Waals surface area (Å²) in [5.74, 6) is -0.933. The van der Waals surface area contributed by atoms with Crippen LogP contribution in [-0.2, 0) is 24.3 Å². The predicted octanol–water partition coefficient (Wildman–Crippen LogP) is 2.73. The number of nitrogens with zero attached hydrogens (tertiary/aromatic N) is 2. The van der Waals surface area contributed by atoms with Crippen molar-refractivity contribution < 1.29 is 27.8 Å². The molecule has 1 N–H and O–H groups in total. The van der Waals surface area contributed by atoms with E-state index in [9.17, 15) is 18.3 Å². The Hall–Kier alpha value is -2.23. The van der Waals surface area contributed by atoms with Crippen molar-refractivity contribution in [3.63, 3.8) is 0 Å². The van der Waals surface area contributed by atoms with E-state index in [0.29, 0.717) is 31.5 Å². The molecule has 9 heteroatoms. The second-order valence-corrected chi connectivity index (χ2v) is 10.4. The molecule has 2 heterocycles. The first-order valence-electron chi connectivity index (χ1n) is 10.6. The van der Waals surface area contributed by atoms with Gasteiger partial charge in [-0.2, -0.15) is 4.31 Å². The summed E-state index contributed by atoms with van der Waals surface area (Å²) < 4.78 is 39.9. The van der Waals surface area contributed by atoms with E-state index < -0.39 is 33.6 Å². The van der Waals surface area contributed by atoms with Crippen molar-refractivity contribution in [3.8, 4) is 0 Å². The van der Waals surface area contributed by atoms with Crippen LogP contribution in [0.5, 0.6) is 0 Å². The molecular formula is C22H28N2O6S. The maximum atomic E-state index is 13.5. The molecule has 2 atom stereocenters. The van der Waals surface area contributed by atoms with Crippen molar-refractivity contribution >= 4 is 21.7 Å². The van der Waals surface area contributed by atoms with Crippen molar-refractivity contribution in [2.75, 3.05) is 19.8 Å². The number of carboxylic acid groups (broad SMARTS) is 1. The van der Waals surface area contributed by atoms with Gasteiger partial charge in [0.2, 0.25) is 10.0 Å². The van der Waals surface area contributed by atoms with Gasteiger partial charge < -0.3 is 14.6 Å². The van der Waals surface area contributed by atoms with E-state index in [0.717, 1.165) is 18.4 Å². The van der Waals surface area contributed by atoms with Crippen LogP contribution in [0.1, 0.15) is 37.7 Å². The Morgan fingerprint density at radius 3 is 2.68 bits per heavy atom. The molecule has 0 spiro atoms. The normalized spacial score (nSPS) is 24.2. The molecule has 0 radical (unpaired) electrons. The summed E-state index contributed by atoms with van der Waals surface area (Å²) in [6.07, 6.45) is 5.34.